The molecule has 0 atom stereocenters. The Morgan fingerprint density at radius 2 is 1.93 bits per heavy atom. The zero-order chi connectivity index (χ0) is 20.3. The lowest BCUT2D eigenvalue weighted by Gasteiger charge is -2.37. The molecule has 1 aromatic rings. The van der Waals surface area contributed by atoms with E-state index >= 15 is 0 Å². The van der Waals surface area contributed by atoms with Crippen LogP contribution in [-0.4, -0.2) is 54.2 Å². The molecule has 2 aliphatic heterocycles. The highest BCUT2D eigenvalue weighted by molar-refractivity contribution is 5.78. The maximum Gasteiger partial charge on any atom is 0.227 e. The van der Waals surface area contributed by atoms with Crippen molar-refractivity contribution in [1.29, 1.82) is 0 Å². The number of piperidine rings is 1. The lowest BCUT2D eigenvalue weighted by molar-refractivity contribution is -0.130. The molecular weight excluding hydrogens is 364 g/mol. The molecule has 28 heavy (non-hydrogen) atoms. The largest absolute Gasteiger partial charge is 0.502 e. The maximum atomic E-state index is 12.8. The highest BCUT2D eigenvalue weighted by Gasteiger charge is 2.42. The molecule has 2 aliphatic rings. The first-order valence-electron chi connectivity index (χ1n) is 9.77. The fourth-order valence-electron chi connectivity index (χ4n) is 4.13. The van der Waals surface area contributed by atoms with Crippen LogP contribution in [0.4, 0.5) is 0 Å². The lowest BCUT2D eigenvalue weighted by atomic mass is 9.74. The van der Waals surface area contributed by atoms with E-state index in [9.17, 15) is 19.5 Å². The van der Waals surface area contributed by atoms with Gasteiger partial charge in [-0.15, -0.1) is 0 Å². The summed E-state index contributed by atoms with van der Waals surface area (Å²) in [6, 6.07) is 1.26. The second kappa shape index (κ2) is 8.34. The fourth-order valence-corrected chi connectivity index (χ4v) is 4.13. The summed E-state index contributed by atoms with van der Waals surface area (Å²) in [6.07, 6.45) is 2.52. The van der Waals surface area contributed by atoms with E-state index in [1.165, 1.54) is 6.07 Å². The number of nitrogens with zero attached hydrogens (tertiary/aromatic N) is 1. The van der Waals surface area contributed by atoms with Crippen LogP contribution < -0.4 is 10.7 Å². The molecule has 0 unspecified atom stereocenters. The molecule has 0 aromatic carbocycles. The quantitative estimate of drug-likeness (QED) is 0.797. The molecular formula is C20H28N2O6. The number of nitrogens with one attached hydrogen (secondary N) is 1. The van der Waals surface area contributed by atoms with Crippen LogP contribution in [0.3, 0.4) is 0 Å². The van der Waals surface area contributed by atoms with E-state index in [0.29, 0.717) is 57.7 Å². The SMILES string of the molecule is CC(=O)N1CCC(NC(=O)CC2(c3oc(C)cc(=O)c3O)CCOCC2)CC1. The number of aryl methyl sites for hydroxylation is 1. The summed E-state index contributed by atoms with van der Waals surface area (Å²) in [5, 5.41) is 13.4. The monoisotopic (exact) mass is 392 g/mol. The van der Waals surface area contributed by atoms with Crippen molar-refractivity contribution in [2.45, 2.75) is 57.4 Å². The van der Waals surface area contributed by atoms with Crippen LogP contribution in [0.1, 0.15) is 50.5 Å². The smallest absolute Gasteiger partial charge is 0.227 e. The topological polar surface area (TPSA) is 109 Å². The van der Waals surface area contributed by atoms with Crippen molar-refractivity contribution in [3.63, 3.8) is 0 Å². The molecule has 3 heterocycles. The van der Waals surface area contributed by atoms with Crippen molar-refractivity contribution >= 4 is 11.8 Å². The first kappa shape index (κ1) is 20.4. The molecule has 8 nitrogen and oxygen atoms in total. The molecule has 154 valence electrons. The van der Waals surface area contributed by atoms with E-state index in [4.69, 9.17) is 9.15 Å². The predicted octanol–water partition coefficient (Wildman–Crippen LogP) is 1.22. The Morgan fingerprint density at radius 1 is 1.29 bits per heavy atom. The van der Waals surface area contributed by atoms with Gasteiger partial charge in [0.25, 0.3) is 0 Å². The van der Waals surface area contributed by atoms with Gasteiger partial charge in [-0.3, -0.25) is 14.4 Å². The summed E-state index contributed by atoms with van der Waals surface area (Å²) in [7, 11) is 0. The maximum absolute atomic E-state index is 12.8. The van der Waals surface area contributed by atoms with Gasteiger partial charge in [-0.25, -0.2) is 0 Å². The Kier molecular flexibility index (Phi) is 6.07. The van der Waals surface area contributed by atoms with E-state index in [1.807, 2.05) is 0 Å². The number of rotatable bonds is 4. The van der Waals surface area contributed by atoms with E-state index in [0.717, 1.165) is 0 Å². The summed E-state index contributed by atoms with van der Waals surface area (Å²) in [5.74, 6) is 0.0701. The van der Waals surface area contributed by atoms with Crippen LogP contribution in [0.5, 0.6) is 5.75 Å². The third-order valence-electron chi connectivity index (χ3n) is 5.78. The normalized spacial score (nSPS) is 20.0. The number of hydrogen-bond donors (Lipinski definition) is 2. The number of carbonyl (C=O) groups is 2. The molecule has 0 radical (unpaired) electrons. The van der Waals surface area contributed by atoms with Crippen LogP contribution in [0.2, 0.25) is 0 Å². The first-order valence-corrected chi connectivity index (χ1v) is 9.77. The minimum absolute atomic E-state index is 0.0121. The second-order valence-electron chi connectivity index (χ2n) is 7.82. The minimum atomic E-state index is -0.766. The average molecular weight is 392 g/mol. The van der Waals surface area contributed by atoms with Crippen molar-refractivity contribution in [1.82, 2.24) is 10.2 Å². The van der Waals surface area contributed by atoms with Crippen LogP contribution in [0.25, 0.3) is 0 Å². The first-order chi connectivity index (χ1) is 13.3. The van der Waals surface area contributed by atoms with Gasteiger partial charge in [0.05, 0.1) is 0 Å². The zero-order valence-corrected chi connectivity index (χ0v) is 16.5. The molecule has 2 saturated heterocycles. The number of amides is 2. The molecule has 8 heteroatoms. The Hall–Kier alpha value is -2.35. The highest BCUT2D eigenvalue weighted by Crippen LogP contribution is 2.41. The van der Waals surface area contributed by atoms with Crippen molar-refractivity contribution in [2.24, 2.45) is 0 Å². The summed E-state index contributed by atoms with van der Waals surface area (Å²) in [6.45, 7) is 5.33. The molecule has 1 aromatic heterocycles. The van der Waals surface area contributed by atoms with Crippen LogP contribution in [0.15, 0.2) is 15.3 Å². The van der Waals surface area contributed by atoms with Crippen LogP contribution in [-0.2, 0) is 19.7 Å². The highest BCUT2D eigenvalue weighted by atomic mass is 16.5. The third-order valence-corrected chi connectivity index (χ3v) is 5.78. The molecule has 2 N–H and O–H groups in total. The lowest BCUT2D eigenvalue weighted by Crippen LogP contribution is -2.48. The van der Waals surface area contributed by atoms with Crippen molar-refractivity contribution in [3.8, 4) is 5.75 Å². The van der Waals surface area contributed by atoms with Crippen LogP contribution >= 0.6 is 0 Å². The molecule has 0 bridgehead atoms. The summed E-state index contributed by atoms with van der Waals surface area (Å²) in [5.41, 5.74) is -1.26. The summed E-state index contributed by atoms with van der Waals surface area (Å²) >= 11 is 0. The van der Waals surface area contributed by atoms with Gasteiger partial charge in [0.1, 0.15) is 5.76 Å². The number of ether oxygens (including phenoxy) is 1. The summed E-state index contributed by atoms with van der Waals surface area (Å²) < 4.78 is 11.2. The average Bonchev–Trinajstić information content (AvgIpc) is 2.65. The number of aromatic hydroxyl groups is 1. The second-order valence-corrected chi connectivity index (χ2v) is 7.82. The fraction of sp³-hybridized carbons (Fsp3) is 0.650. The van der Waals surface area contributed by atoms with Crippen molar-refractivity contribution in [3.05, 3.63) is 27.8 Å². The van der Waals surface area contributed by atoms with Crippen molar-refractivity contribution in [2.75, 3.05) is 26.3 Å². The van der Waals surface area contributed by atoms with Gasteiger partial charge >= 0.3 is 0 Å². The van der Waals surface area contributed by atoms with Crippen LogP contribution in [0, 0.1) is 6.92 Å². The molecule has 0 spiro atoms. The molecule has 2 amide bonds. The zero-order valence-electron chi connectivity index (χ0n) is 16.5. The standard InChI is InChI=1S/C20H28N2O6/c1-13-11-16(24)18(26)19(28-13)20(5-9-27-10-6-20)12-17(25)21-15-3-7-22(8-4-15)14(2)23/h11,15,26H,3-10,12H2,1-2H3,(H,21,25). The van der Waals surface area contributed by atoms with E-state index < -0.39 is 16.6 Å². The van der Waals surface area contributed by atoms with E-state index in [1.54, 1.807) is 18.7 Å². The number of hydrogen-bond acceptors (Lipinski definition) is 6. The molecule has 3 rings (SSSR count). The van der Waals surface area contributed by atoms with Gasteiger partial charge in [-0.05, 0) is 32.6 Å². The Labute approximate surface area is 163 Å². The summed E-state index contributed by atoms with van der Waals surface area (Å²) in [4.78, 5) is 38.1. The number of likely N-dealkylation sites (tertiary alicyclic amines) is 1. The third kappa shape index (κ3) is 4.38. The van der Waals surface area contributed by atoms with Gasteiger partial charge in [0.15, 0.2) is 5.76 Å². The number of carbonyl (C=O) groups excluding carboxylic acids is 2. The Bertz CT molecular complexity index is 788. The van der Waals surface area contributed by atoms with E-state index in [-0.39, 0.29) is 30.0 Å². The van der Waals surface area contributed by atoms with Gasteiger partial charge in [0.2, 0.25) is 23.0 Å². The van der Waals surface area contributed by atoms with E-state index in [2.05, 4.69) is 5.32 Å². The van der Waals surface area contributed by atoms with Crippen molar-refractivity contribution < 1.29 is 23.8 Å². The molecule has 0 saturated carbocycles. The van der Waals surface area contributed by atoms with Gasteiger partial charge in [-0.2, -0.15) is 0 Å². The molecule has 0 aliphatic carbocycles. The Balaban J connectivity index is 1.74. The van der Waals surface area contributed by atoms with Gasteiger partial charge in [-0.1, -0.05) is 0 Å². The predicted molar refractivity (Wildman–Crippen MR) is 101 cm³/mol. The molecule has 2 fully saturated rings. The van der Waals surface area contributed by atoms with Gasteiger partial charge < -0.3 is 24.5 Å². The minimum Gasteiger partial charge on any atom is -0.502 e. The Morgan fingerprint density at radius 3 is 2.54 bits per heavy atom. The van der Waals surface area contributed by atoms with Gasteiger partial charge in [0, 0.05) is 57.2 Å².